The van der Waals surface area contributed by atoms with Crippen LogP contribution in [0, 0.1) is 0 Å². The van der Waals surface area contributed by atoms with Crippen LogP contribution < -0.4 is 0 Å². The Balaban J connectivity index is 2.27. The van der Waals surface area contributed by atoms with Crippen LogP contribution in [0.15, 0.2) is 12.4 Å². The Hall–Kier alpha value is -0.350. The second kappa shape index (κ2) is 6.19. The number of hydrogen-bond acceptors (Lipinski definition) is 2. The highest BCUT2D eigenvalue weighted by Gasteiger charge is 2.03. The molecule has 0 atom stereocenters. The molecule has 3 nitrogen and oxygen atoms in total. The van der Waals surface area contributed by atoms with Gasteiger partial charge in [-0.3, -0.25) is 4.90 Å². The van der Waals surface area contributed by atoms with E-state index in [1.54, 1.807) is 0 Å². The quantitative estimate of drug-likeness (QED) is 0.576. The highest BCUT2D eigenvalue weighted by Crippen LogP contribution is 2.01. The van der Waals surface area contributed by atoms with Crippen LogP contribution in [0.5, 0.6) is 0 Å². The van der Waals surface area contributed by atoms with E-state index in [4.69, 9.17) is 0 Å². The van der Waals surface area contributed by atoms with Crippen LogP contribution in [0.2, 0.25) is 0 Å². The lowest BCUT2D eigenvalue weighted by Crippen LogP contribution is -2.21. The Bertz CT molecular complexity index is 260. The second-order valence-corrected chi connectivity index (χ2v) is 4.38. The average molecular weight is 260 g/mol. The summed E-state index contributed by atoms with van der Waals surface area (Å²) in [7, 11) is 4.18. The van der Waals surface area contributed by atoms with Gasteiger partial charge in [0.25, 0.3) is 0 Å². The first-order valence-corrected chi connectivity index (χ1v) is 6.07. The molecule has 0 amide bonds. The van der Waals surface area contributed by atoms with Gasteiger partial charge in [-0.05, 0) is 26.4 Å². The molecule has 1 aromatic rings. The molecule has 0 aliphatic carbocycles. The van der Waals surface area contributed by atoms with Crippen molar-refractivity contribution in [3.05, 3.63) is 18.2 Å². The molecule has 0 aromatic carbocycles. The van der Waals surface area contributed by atoms with Gasteiger partial charge in [0.2, 0.25) is 0 Å². The van der Waals surface area contributed by atoms with E-state index in [1.807, 2.05) is 19.4 Å². The van der Waals surface area contributed by atoms with E-state index in [0.717, 1.165) is 24.2 Å². The summed E-state index contributed by atoms with van der Waals surface area (Å²) >= 11 is 3.44. The average Bonchev–Trinajstić information content (AvgIpc) is 2.52. The Kier molecular flexibility index (Phi) is 5.19. The van der Waals surface area contributed by atoms with Gasteiger partial charge in [-0.2, -0.15) is 0 Å². The van der Waals surface area contributed by atoms with Crippen molar-refractivity contribution in [3.63, 3.8) is 0 Å². The number of alkyl halides is 1. The maximum atomic E-state index is 4.30. The second-order valence-electron chi connectivity index (χ2n) is 3.59. The molecule has 14 heavy (non-hydrogen) atoms. The molecular weight excluding hydrogens is 242 g/mol. The Labute approximate surface area is 94.3 Å². The molecular formula is C10H18BrN3. The molecule has 0 saturated heterocycles. The van der Waals surface area contributed by atoms with Crippen molar-refractivity contribution in [3.8, 4) is 0 Å². The van der Waals surface area contributed by atoms with Crippen molar-refractivity contribution in [2.24, 2.45) is 7.05 Å². The lowest BCUT2D eigenvalue weighted by atomic mass is 10.3. The van der Waals surface area contributed by atoms with Gasteiger partial charge < -0.3 is 4.57 Å². The summed E-state index contributed by atoms with van der Waals surface area (Å²) in [6, 6.07) is 0. The fraction of sp³-hybridized carbons (Fsp3) is 0.700. The van der Waals surface area contributed by atoms with Gasteiger partial charge in [0, 0.05) is 24.8 Å². The first-order chi connectivity index (χ1) is 6.74. The number of hydrogen-bond donors (Lipinski definition) is 0. The van der Waals surface area contributed by atoms with Crippen LogP contribution in [-0.4, -0.2) is 33.4 Å². The van der Waals surface area contributed by atoms with Gasteiger partial charge in [0.05, 0.1) is 6.54 Å². The standard InChI is InChI=1S/C10H18BrN3/c1-13(7-4-3-5-11)9-10-12-6-8-14(10)2/h6,8H,3-5,7,9H2,1-2H3. The minimum atomic E-state index is 0.936. The zero-order valence-electron chi connectivity index (χ0n) is 8.91. The van der Waals surface area contributed by atoms with Gasteiger partial charge >= 0.3 is 0 Å². The molecule has 1 heterocycles. The molecule has 0 bridgehead atoms. The number of rotatable bonds is 6. The lowest BCUT2D eigenvalue weighted by molar-refractivity contribution is 0.310. The summed E-state index contributed by atoms with van der Waals surface area (Å²) in [5.74, 6) is 1.13. The summed E-state index contributed by atoms with van der Waals surface area (Å²) in [5.41, 5.74) is 0. The van der Waals surface area contributed by atoms with Crippen molar-refractivity contribution in [1.82, 2.24) is 14.5 Å². The Morgan fingerprint density at radius 1 is 1.50 bits per heavy atom. The summed E-state index contributed by atoms with van der Waals surface area (Å²) < 4.78 is 2.07. The van der Waals surface area contributed by atoms with Gasteiger partial charge in [-0.25, -0.2) is 4.98 Å². The van der Waals surface area contributed by atoms with Gasteiger partial charge in [0.15, 0.2) is 0 Å². The van der Waals surface area contributed by atoms with E-state index < -0.39 is 0 Å². The van der Waals surface area contributed by atoms with Crippen molar-refractivity contribution in [2.75, 3.05) is 18.9 Å². The number of unbranched alkanes of at least 4 members (excludes halogenated alkanes) is 1. The minimum absolute atomic E-state index is 0.936. The van der Waals surface area contributed by atoms with Crippen LogP contribution in [0.1, 0.15) is 18.7 Å². The van der Waals surface area contributed by atoms with Crippen LogP contribution >= 0.6 is 15.9 Å². The summed E-state index contributed by atoms with van der Waals surface area (Å²) in [6.07, 6.45) is 6.32. The molecule has 80 valence electrons. The molecule has 0 fully saturated rings. The number of aryl methyl sites for hydroxylation is 1. The van der Waals surface area contributed by atoms with E-state index in [2.05, 4.69) is 37.4 Å². The van der Waals surface area contributed by atoms with Crippen molar-refractivity contribution < 1.29 is 0 Å². The van der Waals surface area contributed by atoms with E-state index in [0.29, 0.717) is 0 Å². The highest BCUT2D eigenvalue weighted by atomic mass is 79.9. The highest BCUT2D eigenvalue weighted by molar-refractivity contribution is 9.09. The monoisotopic (exact) mass is 259 g/mol. The molecule has 0 radical (unpaired) electrons. The zero-order valence-corrected chi connectivity index (χ0v) is 10.5. The molecule has 0 unspecified atom stereocenters. The molecule has 0 saturated carbocycles. The molecule has 1 aromatic heterocycles. The number of imidazole rings is 1. The van der Waals surface area contributed by atoms with E-state index in [1.165, 1.54) is 12.8 Å². The van der Waals surface area contributed by atoms with E-state index >= 15 is 0 Å². The van der Waals surface area contributed by atoms with E-state index in [9.17, 15) is 0 Å². The largest absolute Gasteiger partial charge is 0.337 e. The van der Waals surface area contributed by atoms with Crippen LogP contribution in [0.3, 0.4) is 0 Å². The smallest absolute Gasteiger partial charge is 0.122 e. The Morgan fingerprint density at radius 2 is 2.29 bits per heavy atom. The maximum absolute atomic E-state index is 4.30. The molecule has 0 aliphatic heterocycles. The number of nitrogens with zero attached hydrogens (tertiary/aromatic N) is 3. The third-order valence-electron chi connectivity index (χ3n) is 2.26. The fourth-order valence-corrected chi connectivity index (χ4v) is 1.74. The summed E-state index contributed by atoms with van der Waals surface area (Å²) in [5, 5.41) is 1.10. The van der Waals surface area contributed by atoms with Crippen LogP contribution in [-0.2, 0) is 13.6 Å². The normalized spacial score (nSPS) is 11.1. The zero-order chi connectivity index (χ0) is 10.4. The SMILES string of the molecule is CN(CCCCBr)Cc1nccn1C. The third kappa shape index (κ3) is 3.80. The van der Waals surface area contributed by atoms with Crippen molar-refractivity contribution in [2.45, 2.75) is 19.4 Å². The molecule has 4 heteroatoms. The lowest BCUT2D eigenvalue weighted by Gasteiger charge is -2.15. The van der Waals surface area contributed by atoms with Crippen LogP contribution in [0.4, 0.5) is 0 Å². The first kappa shape index (κ1) is 11.7. The molecule has 1 rings (SSSR count). The topological polar surface area (TPSA) is 21.1 Å². The maximum Gasteiger partial charge on any atom is 0.122 e. The minimum Gasteiger partial charge on any atom is -0.337 e. The summed E-state index contributed by atoms with van der Waals surface area (Å²) in [6.45, 7) is 2.07. The third-order valence-corrected chi connectivity index (χ3v) is 2.82. The Morgan fingerprint density at radius 3 is 2.86 bits per heavy atom. The molecule has 0 spiro atoms. The van der Waals surface area contributed by atoms with Gasteiger partial charge in [0.1, 0.15) is 5.82 Å². The van der Waals surface area contributed by atoms with Crippen molar-refractivity contribution >= 4 is 15.9 Å². The van der Waals surface area contributed by atoms with Gasteiger partial charge in [-0.1, -0.05) is 15.9 Å². The number of halogens is 1. The van der Waals surface area contributed by atoms with Crippen molar-refractivity contribution in [1.29, 1.82) is 0 Å². The molecule has 0 N–H and O–H groups in total. The predicted octanol–water partition coefficient (Wildman–Crippen LogP) is 2.03. The first-order valence-electron chi connectivity index (χ1n) is 4.94. The predicted molar refractivity (Wildman–Crippen MR) is 62.6 cm³/mol. The number of aromatic nitrogens is 2. The van der Waals surface area contributed by atoms with E-state index in [-0.39, 0.29) is 0 Å². The molecule has 0 aliphatic rings. The summed E-state index contributed by atoms with van der Waals surface area (Å²) in [4.78, 5) is 6.61. The van der Waals surface area contributed by atoms with Crippen LogP contribution in [0.25, 0.3) is 0 Å². The fourth-order valence-electron chi connectivity index (χ4n) is 1.35. The van der Waals surface area contributed by atoms with Gasteiger partial charge in [-0.15, -0.1) is 0 Å².